The van der Waals surface area contributed by atoms with Gasteiger partial charge in [-0.15, -0.1) is 11.6 Å². The molecule has 1 saturated heterocycles. The molecule has 3 heterocycles. The second-order valence-corrected chi connectivity index (χ2v) is 14.5. The number of likely N-dealkylation sites (N-methyl/N-ethyl adjacent to an activating group) is 1. The summed E-state index contributed by atoms with van der Waals surface area (Å²) in [5.74, 6) is 1.62. The SMILES string of the molecule is COc1cc2cc(C(=O)N3C[C@@H](CCl)c4c3cc(OC(=O)N(CCC(=O)N3CCN(C)CC3)C3CCCCC3)c3ccccc43)[nH]c2c(OC)c1OC. The lowest BCUT2D eigenvalue weighted by Gasteiger charge is -2.35. The normalized spacial score (nSPS) is 17.9. The van der Waals surface area contributed by atoms with Gasteiger partial charge < -0.3 is 43.5 Å². The average molecular weight is 746 g/mol. The van der Waals surface area contributed by atoms with Crippen LogP contribution in [-0.4, -0.2) is 117 Å². The van der Waals surface area contributed by atoms with Gasteiger partial charge in [0.15, 0.2) is 11.5 Å². The van der Waals surface area contributed by atoms with Gasteiger partial charge in [-0.05, 0) is 43.0 Å². The minimum absolute atomic E-state index is 0.00724. The van der Waals surface area contributed by atoms with Gasteiger partial charge in [-0.1, -0.05) is 43.5 Å². The van der Waals surface area contributed by atoms with Crippen LogP contribution in [0.4, 0.5) is 10.5 Å². The van der Waals surface area contributed by atoms with Gasteiger partial charge in [0.2, 0.25) is 11.7 Å². The third-order valence-electron chi connectivity index (χ3n) is 11.1. The molecule has 12 nitrogen and oxygen atoms in total. The number of piperazine rings is 1. The Morgan fingerprint density at radius 2 is 1.60 bits per heavy atom. The first-order valence-electron chi connectivity index (χ1n) is 18.5. The molecule has 282 valence electrons. The van der Waals surface area contributed by atoms with Gasteiger partial charge in [-0.25, -0.2) is 4.79 Å². The van der Waals surface area contributed by atoms with Crippen molar-refractivity contribution in [3.05, 3.63) is 53.7 Å². The van der Waals surface area contributed by atoms with Crippen molar-refractivity contribution in [2.45, 2.75) is 50.5 Å². The van der Waals surface area contributed by atoms with Crippen LogP contribution in [0.15, 0.2) is 42.5 Å². The van der Waals surface area contributed by atoms with Crippen molar-refractivity contribution in [3.8, 4) is 23.0 Å². The first kappa shape index (κ1) is 36.7. The average Bonchev–Trinajstić information content (AvgIpc) is 3.79. The second-order valence-electron chi connectivity index (χ2n) is 14.2. The minimum atomic E-state index is -0.483. The summed E-state index contributed by atoms with van der Waals surface area (Å²) in [6.45, 7) is 3.70. The summed E-state index contributed by atoms with van der Waals surface area (Å²) in [7, 11) is 6.68. The largest absolute Gasteiger partial charge is 0.493 e. The quantitative estimate of drug-likeness (QED) is 0.180. The highest BCUT2D eigenvalue weighted by Gasteiger charge is 2.37. The first-order valence-corrected chi connectivity index (χ1v) is 19.0. The van der Waals surface area contributed by atoms with Crippen LogP contribution in [0.25, 0.3) is 21.7 Å². The monoisotopic (exact) mass is 745 g/mol. The second kappa shape index (κ2) is 15.7. The van der Waals surface area contributed by atoms with Gasteiger partial charge in [0, 0.05) is 80.4 Å². The lowest BCUT2D eigenvalue weighted by molar-refractivity contribution is -0.133. The molecule has 0 radical (unpaired) electrons. The van der Waals surface area contributed by atoms with E-state index in [1.807, 2.05) is 29.2 Å². The lowest BCUT2D eigenvalue weighted by Crippen LogP contribution is -2.49. The van der Waals surface area contributed by atoms with Crippen molar-refractivity contribution in [2.24, 2.45) is 0 Å². The predicted octanol–water partition coefficient (Wildman–Crippen LogP) is 6.63. The molecule has 3 aromatic carbocycles. The number of H-pyrrole nitrogens is 1. The van der Waals surface area contributed by atoms with Crippen LogP contribution in [0.3, 0.4) is 0 Å². The van der Waals surface area contributed by atoms with Gasteiger partial charge in [0.25, 0.3) is 5.91 Å². The van der Waals surface area contributed by atoms with E-state index in [4.69, 9.17) is 30.5 Å². The number of aromatic nitrogens is 1. The molecule has 0 bridgehead atoms. The molecule has 1 atom stereocenters. The molecule has 1 N–H and O–H groups in total. The van der Waals surface area contributed by atoms with Gasteiger partial charge in [0.05, 0.1) is 32.5 Å². The topological polar surface area (TPSA) is 117 Å². The summed E-state index contributed by atoms with van der Waals surface area (Å²) in [5.41, 5.74) is 2.51. The Morgan fingerprint density at radius 1 is 0.887 bits per heavy atom. The van der Waals surface area contributed by atoms with E-state index in [0.29, 0.717) is 65.4 Å². The van der Waals surface area contributed by atoms with Gasteiger partial charge in [-0.3, -0.25) is 9.59 Å². The summed E-state index contributed by atoms with van der Waals surface area (Å²) in [6.07, 6.45) is 4.68. The van der Waals surface area contributed by atoms with Gasteiger partial charge in [0.1, 0.15) is 11.4 Å². The Morgan fingerprint density at radius 3 is 2.28 bits per heavy atom. The van der Waals surface area contributed by atoms with E-state index < -0.39 is 6.09 Å². The van der Waals surface area contributed by atoms with Crippen LogP contribution >= 0.6 is 11.6 Å². The van der Waals surface area contributed by atoms with Crippen LogP contribution in [-0.2, 0) is 4.79 Å². The zero-order valence-electron chi connectivity index (χ0n) is 30.9. The van der Waals surface area contributed by atoms with E-state index in [1.54, 1.807) is 35.1 Å². The molecule has 1 aliphatic carbocycles. The lowest BCUT2D eigenvalue weighted by atomic mass is 9.94. The Bertz CT molecular complexity index is 2000. The number of hydrogen-bond donors (Lipinski definition) is 1. The van der Waals surface area contributed by atoms with Crippen LogP contribution < -0.4 is 23.8 Å². The number of aromatic amines is 1. The Labute approximate surface area is 314 Å². The number of fused-ring (bicyclic) bond motifs is 4. The maximum absolute atomic E-state index is 14.4. The number of halogens is 1. The zero-order valence-corrected chi connectivity index (χ0v) is 31.7. The number of ether oxygens (including phenoxy) is 4. The third kappa shape index (κ3) is 7.06. The molecule has 53 heavy (non-hydrogen) atoms. The van der Waals surface area contributed by atoms with Crippen LogP contribution in [0, 0.1) is 0 Å². The number of carbonyl (C=O) groups excluding carboxylic acids is 3. The van der Waals surface area contributed by atoms with E-state index in [2.05, 4.69) is 16.9 Å². The van der Waals surface area contributed by atoms with Crippen LogP contribution in [0.1, 0.15) is 60.5 Å². The fourth-order valence-corrected chi connectivity index (χ4v) is 8.47. The fourth-order valence-electron chi connectivity index (χ4n) is 8.22. The maximum Gasteiger partial charge on any atom is 0.415 e. The smallest absolute Gasteiger partial charge is 0.415 e. The number of hydrogen-bond acceptors (Lipinski definition) is 8. The number of nitrogens with one attached hydrogen (secondary N) is 1. The highest BCUT2D eigenvalue weighted by atomic mass is 35.5. The number of amides is 3. The molecule has 0 spiro atoms. The highest BCUT2D eigenvalue weighted by Crippen LogP contribution is 2.47. The number of nitrogens with zero attached hydrogens (tertiary/aromatic N) is 4. The zero-order chi connectivity index (χ0) is 37.2. The summed E-state index contributed by atoms with van der Waals surface area (Å²) >= 11 is 6.58. The number of benzene rings is 3. The molecular weight excluding hydrogens is 698 g/mol. The molecule has 3 amide bonds. The van der Waals surface area contributed by atoms with Crippen molar-refractivity contribution >= 4 is 56.9 Å². The van der Waals surface area contributed by atoms with E-state index >= 15 is 0 Å². The Hall–Kier alpha value is -4.68. The van der Waals surface area contributed by atoms with Gasteiger partial charge in [-0.2, -0.15) is 0 Å². The van der Waals surface area contributed by atoms with Crippen LogP contribution in [0.5, 0.6) is 23.0 Å². The molecule has 2 fully saturated rings. The van der Waals surface area contributed by atoms with E-state index in [1.165, 1.54) is 14.2 Å². The maximum atomic E-state index is 14.4. The minimum Gasteiger partial charge on any atom is -0.493 e. The summed E-state index contributed by atoms with van der Waals surface area (Å²) < 4.78 is 23.1. The van der Waals surface area contributed by atoms with E-state index in [-0.39, 0.29) is 36.7 Å². The van der Waals surface area contributed by atoms with Crippen molar-refractivity contribution in [1.82, 2.24) is 19.7 Å². The van der Waals surface area contributed by atoms with Crippen LogP contribution in [0.2, 0.25) is 0 Å². The number of carbonyl (C=O) groups is 3. The van der Waals surface area contributed by atoms with Crippen molar-refractivity contribution in [1.29, 1.82) is 0 Å². The van der Waals surface area contributed by atoms with E-state index in [0.717, 1.165) is 66.9 Å². The molecular formula is C40H48ClN5O7. The number of alkyl halides is 1. The molecule has 2 aliphatic heterocycles. The Kier molecular flexibility index (Phi) is 10.9. The summed E-state index contributed by atoms with van der Waals surface area (Å²) in [6, 6.07) is 13.1. The van der Waals surface area contributed by atoms with Crippen molar-refractivity contribution in [2.75, 3.05) is 78.4 Å². The predicted molar refractivity (Wildman–Crippen MR) is 205 cm³/mol. The van der Waals surface area contributed by atoms with Gasteiger partial charge >= 0.3 is 6.09 Å². The Balaban J connectivity index is 1.21. The number of methoxy groups -OCH3 is 3. The first-order chi connectivity index (χ1) is 25.8. The molecule has 1 saturated carbocycles. The highest BCUT2D eigenvalue weighted by molar-refractivity contribution is 6.19. The summed E-state index contributed by atoms with van der Waals surface area (Å²) in [4.78, 5) is 52.8. The van der Waals surface area contributed by atoms with Crippen molar-refractivity contribution in [3.63, 3.8) is 0 Å². The fraction of sp³-hybridized carbons (Fsp3) is 0.475. The third-order valence-corrected chi connectivity index (χ3v) is 11.5. The van der Waals surface area contributed by atoms with E-state index in [9.17, 15) is 14.4 Å². The number of anilines is 1. The molecule has 3 aliphatic rings. The molecule has 7 rings (SSSR count). The summed E-state index contributed by atoms with van der Waals surface area (Å²) in [5, 5.41) is 2.35. The standard InChI is InChI=1S/C40H48ClN5O7/c1-43-16-18-44(19-17-43)34(47)14-15-45(27-10-6-5-7-11-27)40(49)53-32-22-31-35(29-13-9-8-12-28(29)32)26(23-41)24-46(31)39(48)30-20-25-21-33(50-2)37(51-3)38(52-4)36(25)42-30/h8-9,12-13,20-22,26-27,42H,5-7,10-11,14-19,23-24H2,1-4H3/t26-/m1/s1. The number of rotatable bonds is 10. The molecule has 1 aromatic heterocycles. The van der Waals surface area contributed by atoms with Crippen molar-refractivity contribution < 1.29 is 33.3 Å². The molecule has 4 aromatic rings. The molecule has 13 heteroatoms. The molecule has 0 unspecified atom stereocenters.